The largest absolute Gasteiger partial charge is 0.495 e. The number of carbonyl (C=O) groups excluding carboxylic acids is 1. The first-order valence-corrected chi connectivity index (χ1v) is 13.2. The van der Waals surface area contributed by atoms with Crippen LogP contribution in [0.2, 0.25) is 5.02 Å². The molecule has 2 aromatic rings. The van der Waals surface area contributed by atoms with Gasteiger partial charge in [-0.15, -0.1) is 0 Å². The molecule has 0 aliphatic carbocycles. The van der Waals surface area contributed by atoms with Crippen molar-refractivity contribution < 1.29 is 9.53 Å². The number of nitrogens with zero attached hydrogens (tertiary/aromatic N) is 3. The number of nitrogens with one attached hydrogen (secondary N) is 1. The van der Waals surface area contributed by atoms with E-state index in [4.69, 9.17) is 26.3 Å². The molecule has 1 saturated heterocycles. The number of ether oxygens (including phenoxy) is 1. The highest BCUT2D eigenvalue weighted by Gasteiger charge is 2.39. The predicted molar refractivity (Wildman–Crippen MR) is 148 cm³/mol. The first kappa shape index (κ1) is 25.7. The van der Waals surface area contributed by atoms with E-state index in [9.17, 15) is 4.79 Å². The lowest BCUT2D eigenvalue weighted by Crippen LogP contribution is -2.39. The zero-order valence-electron chi connectivity index (χ0n) is 21.0. The Bertz CT molecular complexity index is 1150. The summed E-state index contributed by atoms with van der Waals surface area (Å²) in [4.78, 5) is 25.3. The van der Waals surface area contributed by atoms with E-state index >= 15 is 0 Å². The van der Waals surface area contributed by atoms with Crippen molar-refractivity contribution in [3.63, 3.8) is 0 Å². The number of carbonyl (C=O) groups is 1. The Kier molecular flexibility index (Phi) is 7.60. The number of rotatable bonds is 5. The van der Waals surface area contributed by atoms with E-state index in [0.29, 0.717) is 16.5 Å². The third kappa shape index (κ3) is 6.08. The molecule has 2 aromatic carbocycles. The van der Waals surface area contributed by atoms with Gasteiger partial charge in [-0.1, -0.05) is 68.4 Å². The van der Waals surface area contributed by atoms with Crippen LogP contribution in [0.4, 0.5) is 5.69 Å². The van der Waals surface area contributed by atoms with Crippen molar-refractivity contribution >= 4 is 45.7 Å². The van der Waals surface area contributed by atoms with Crippen LogP contribution >= 0.6 is 23.4 Å². The molecule has 1 N–H and O–H groups in total. The molecule has 0 unspecified atom stereocenters. The minimum Gasteiger partial charge on any atom is -0.495 e. The van der Waals surface area contributed by atoms with Crippen molar-refractivity contribution in [1.82, 2.24) is 4.90 Å². The standard InChI is InChI=1S/C27H33ClN4O2S/c1-26(2,3)19-8-6-18(7-9-19)24-25(31-27(30-24)12-14-32(4)15-13-27)35-17-23(33)29-20-10-11-22(34-5)21(28)16-20/h6-11,16H,12-15,17H2,1-5H3,(H,29,33). The third-order valence-corrected chi connectivity index (χ3v) is 7.68. The molecule has 0 radical (unpaired) electrons. The predicted octanol–water partition coefficient (Wildman–Crippen LogP) is 5.64. The molecule has 1 amide bonds. The molecule has 35 heavy (non-hydrogen) atoms. The summed E-state index contributed by atoms with van der Waals surface area (Å²) < 4.78 is 5.18. The number of hydrogen-bond donors (Lipinski definition) is 1. The average molecular weight is 513 g/mol. The van der Waals surface area contributed by atoms with Gasteiger partial charge >= 0.3 is 0 Å². The summed E-state index contributed by atoms with van der Waals surface area (Å²) in [6, 6.07) is 13.8. The first-order valence-electron chi connectivity index (χ1n) is 11.8. The molecule has 0 saturated carbocycles. The van der Waals surface area contributed by atoms with Crippen molar-refractivity contribution in [2.75, 3.05) is 38.3 Å². The van der Waals surface area contributed by atoms with Crippen LogP contribution in [0.15, 0.2) is 52.4 Å². The number of methoxy groups -OCH3 is 1. The highest BCUT2D eigenvalue weighted by Crippen LogP contribution is 2.36. The summed E-state index contributed by atoms with van der Waals surface area (Å²) in [7, 11) is 3.69. The lowest BCUT2D eigenvalue weighted by atomic mass is 9.86. The topological polar surface area (TPSA) is 66.3 Å². The Balaban J connectivity index is 1.51. The summed E-state index contributed by atoms with van der Waals surface area (Å²) in [5.41, 5.74) is 3.50. The lowest BCUT2D eigenvalue weighted by Gasteiger charge is -2.33. The number of aliphatic imine (C=N–C) groups is 2. The van der Waals surface area contributed by atoms with E-state index in [1.54, 1.807) is 25.3 Å². The fourth-order valence-electron chi connectivity index (χ4n) is 4.22. The van der Waals surface area contributed by atoms with E-state index in [0.717, 1.165) is 42.3 Å². The Hall–Kier alpha value is -2.35. The van der Waals surface area contributed by atoms with Gasteiger partial charge in [0.1, 0.15) is 10.8 Å². The molecule has 0 bridgehead atoms. The molecule has 0 aromatic heterocycles. The van der Waals surface area contributed by atoms with Gasteiger partial charge in [-0.05, 0) is 36.2 Å². The lowest BCUT2D eigenvalue weighted by molar-refractivity contribution is -0.113. The van der Waals surface area contributed by atoms with Gasteiger partial charge in [-0.2, -0.15) is 0 Å². The molecule has 2 heterocycles. The average Bonchev–Trinajstić information content (AvgIpc) is 3.18. The maximum atomic E-state index is 12.7. The molecule has 1 spiro atoms. The molecular weight excluding hydrogens is 480 g/mol. The highest BCUT2D eigenvalue weighted by atomic mass is 35.5. The van der Waals surface area contributed by atoms with Gasteiger partial charge in [0.05, 0.1) is 23.6 Å². The van der Waals surface area contributed by atoms with Crippen molar-refractivity contribution in [1.29, 1.82) is 0 Å². The molecule has 4 rings (SSSR count). The Morgan fingerprint density at radius 3 is 2.43 bits per heavy atom. The monoisotopic (exact) mass is 512 g/mol. The van der Waals surface area contributed by atoms with Crippen molar-refractivity contribution in [2.24, 2.45) is 9.98 Å². The Morgan fingerprint density at radius 1 is 1.14 bits per heavy atom. The first-order chi connectivity index (χ1) is 16.6. The quantitative estimate of drug-likeness (QED) is 0.563. The number of thioether (sulfide) groups is 1. The number of piperidine rings is 1. The fourth-order valence-corrected chi connectivity index (χ4v) is 5.35. The highest BCUT2D eigenvalue weighted by molar-refractivity contribution is 8.16. The second-order valence-corrected chi connectivity index (χ2v) is 11.5. The van der Waals surface area contributed by atoms with Gasteiger partial charge in [-0.25, -0.2) is 4.99 Å². The van der Waals surface area contributed by atoms with Crippen molar-refractivity contribution in [2.45, 2.75) is 44.7 Å². The van der Waals surface area contributed by atoms with Crippen LogP contribution < -0.4 is 10.1 Å². The van der Waals surface area contributed by atoms with Crippen LogP contribution in [0.25, 0.3) is 0 Å². The Labute approximate surface area is 217 Å². The molecule has 8 heteroatoms. The maximum absolute atomic E-state index is 12.7. The number of likely N-dealkylation sites (tertiary alicyclic amines) is 1. The van der Waals surface area contributed by atoms with Crippen LogP contribution in [-0.4, -0.2) is 60.2 Å². The number of amides is 1. The van der Waals surface area contributed by atoms with Gasteiger partial charge in [-0.3, -0.25) is 9.79 Å². The summed E-state index contributed by atoms with van der Waals surface area (Å²) in [6.45, 7) is 8.54. The fraction of sp³-hybridized carbons (Fsp3) is 0.444. The second kappa shape index (κ2) is 10.3. The van der Waals surface area contributed by atoms with E-state index in [1.807, 2.05) is 0 Å². The van der Waals surface area contributed by atoms with Crippen molar-refractivity contribution in [3.05, 3.63) is 58.6 Å². The number of hydrogen-bond acceptors (Lipinski definition) is 6. The number of halogens is 1. The van der Waals surface area contributed by atoms with Gasteiger partial charge in [0, 0.05) is 37.2 Å². The van der Waals surface area contributed by atoms with Crippen LogP contribution in [0.1, 0.15) is 44.7 Å². The molecule has 186 valence electrons. The minimum absolute atomic E-state index is 0.0826. The number of benzene rings is 2. The minimum atomic E-state index is -0.424. The van der Waals surface area contributed by atoms with Crippen LogP contribution in [0, 0.1) is 0 Å². The molecule has 6 nitrogen and oxygen atoms in total. The molecule has 2 aliphatic heterocycles. The maximum Gasteiger partial charge on any atom is 0.234 e. The number of anilines is 1. The molecule has 0 atom stereocenters. The van der Waals surface area contributed by atoms with E-state index in [2.05, 4.69) is 62.3 Å². The zero-order chi connectivity index (χ0) is 25.2. The third-order valence-electron chi connectivity index (χ3n) is 6.42. The summed E-state index contributed by atoms with van der Waals surface area (Å²) in [6.07, 6.45) is 1.77. The molecule has 2 aliphatic rings. The van der Waals surface area contributed by atoms with Crippen molar-refractivity contribution in [3.8, 4) is 5.75 Å². The van der Waals surface area contributed by atoms with Gasteiger partial charge < -0.3 is 15.0 Å². The summed E-state index contributed by atoms with van der Waals surface area (Å²) in [5.74, 6) is 0.684. The second-order valence-electron chi connectivity index (χ2n) is 10.2. The van der Waals surface area contributed by atoms with E-state index in [1.165, 1.54) is 17.3 Å². The molecule has 1 fully saturated rings. The summed E-state index contributed by atoms with van der Waals surface area (Å²) >= 11 is 7.63. The van der Waals surface area contributed by atoms with Crippen LogP contribution in [0.3, 0.4) is 0 Å². The zero-order valence-corrected chi connectivity index (χ0v) is 22.6. The van der Waals surface area contributed by atoms with Crippen LogP contribution in [0.5, 0.6) is 5.75 Å². The normalized spacial score (nSPS) is 17.8. The van der Waals surface area contributed by atoms with Crippen LogP contribution in [-0.2, 0) is 10.2 Å². The van der Waals surface area contributed by atoms with Gasteiger partial charge in [0.25, 0.3) is 0 Å². The van der Waals surface area contributed by atoms with E-state index < -0.39 is 5.66 Å². The van der Waals surface area contributed by atoms with Gasteiger partial charge in [0.15, 0.2) is 5.66 Å². The SMILES string of the molecule is COc1ccc(NC(=O)CSC2=NC3(CCN(C)CC3)N=C2c2ccc(C(C)(C)C)cc2)cc1Cl. The van der Waals surface area contributed by atoms with Gasteiger partial charge in [0.2, 0.25) is 5.91 Å². The molecular formula is C27H33ClN4O2S. The summed E-state index contributed by atoms with van der Waals surface area (Å²) in [5, 5.41) is 4.20. The van der Waals surface area contributed by atoms with E-state index in [-0.39, 0.29) is 17.1 Å². The smallest absolute Gasteiger partial charge is 0.234 e. The Morgan fingerprint density at radius 2 is 1.83 bits per heavy atom.